The lowest BCUT2D eigenvalue weighted by Gasteiger charge is -2.11. The molecule has 0 aliphatic carbocycles. The first-order valence-electron chi connectivity index (χ1n) is 8.63. The van der Waals surface area contributed by atoms with Gasteiger partial charge in [0.05, 0.1) is 12.2 Å². The van der Waals surface area contributed by atoms with Crippen LogP contribution in [-0.4, -0.2) is 24.5 Å². The van der Waals surface area contributed by atoms with Crippen molar-refractivity contribution in [2.75, 3.05) is 13.6 Å². The molecule has 0 spiro atoms. The minimum atomic E-state index is 0.585. The zero-order valence-electron chi connectivity index (χ0n) is 14.9. The Balaban J connectivity index is 1.74. The number of aromatic nitrogens is 1. The molecular formula is C19H28N4O. The van der Waals surface area contributed by atoms with E-state index in [1.807, 2.05) is 30.3 Å². The molecule has 24 heavy (non-hydrogen) atoms. The second-order valence-corrected chi connectivity index (χ2v) is 6.25. The third-order valence-electron chi connectivity index (χ3n) is 3.73. The van der Waals surface area contributed by atoms with Crippen molar-refractivity contribution in [1.29, 1.82) is 0 Å². The Kier molecular flexibility index (Phi) is 7.33. The standard InChI is InChI=1S/C19H28N4O/c1-15(2)9-7-8-12-21-19(20-3)22-13-17-14-24-18(23-17)16-10-5-4-6-11-16/h4-6,10-11,14-15H,7-9,12-13H2,1-3H3,(H2,20,21,22). The van der Waals surface area contributed by atoms with E-state index in [-0.39, 0.29) is 0 Å². The number of nitrogens with one attached hydrogen (secondary N) is 2. The first-order valence-corrected chi connectivity index (χ1v) is 8.63. The minimum Gasteiger partial charge on any atom is -0.444 e. The van der Waals surface area contributed by atoms with Gasteiger partial charge in [0.25, 0.3) is 0 Å². The molecule has 0 atom stereocenters. The molecule has 0 amide bonds. The van der Waals surface area contributed by atoms with Crippen LogP contribution >= 0.6 is 0 Å². The second-order valence-electron chi connectivity index (χ2n) is 6.25. The number of hydrogen-bond donors (Lipinski definition) is 2. The molecule has 1 aromatic heterocycles. The normalized spacial score (nSPS) is 11.8. The highest BCUT2D eigenvalue weighted by molar-refractivity contribution is 5.79. The Bertz CT molecular complexity index is 619. The first-order chi connectivity index (χ1) is 11.7. The van der Waals surface area contributed by atoms with Crippen LogP contribution in [-0.2, 0) is 6.54 Å². The number of aliphatic imine (C=N–C) groups is 1. The van der Waals surface area contributed by atoms with Crippen LogP contribution in [0, 0.1) is 5.92 Å². The van der Waals surface area contributed by atoms with Crippen LogP contribution in [0.1, 0.15) is 38.8 Å². The topological polar surface area (TPSA) is 62.5 Å². The van der Waals surface area contributed by atoms with E-state index in [2.05, 4.69) is 34.5 Å². The Labute approximate surface area is 144 Å². The number of nitrogens with zero attached hydrogens (tertiary/aromatic N) is 2. The highest BCUT2D eigenvalue weighted by atomic mass is 16.3. The summed E-state index contributed by atoms with van der Waals surface area (Å²) in [6.07, 6.45) is 5.35. The third kappa shape index (κ3) is 6.07. The van der Waals surface area contributed by atoms with Gasteiger partial charge in [0, 0.05) is 19.2 Å². The first kappa shape index (κ1) is 18.0. The second kappa shape index (κ2) is 9.75. The van der Waals surface area contributed by atoms with Gasteiger partial charge in [-0.2, -0.15) is 0 Å². The minimum absolute atomic E-state index is 0.585. The molecule has 2 rings (SSSR count). The summed E-state index contributed by atoms with van der Waals surface area (Å²) in [5, 5.41) is 6.60. The quantitative estimate of drug-likeness (QED) is 0.439. The fourth-order valence-electron chi connectivity index (χ4n) is 2.38. The zero-order chi connectivity index (χ0) is 17.2. The molecule has 0 bridgehead atoms. The molecular weight excluding hydrogens is 300 g/mol. The van der Waals surface area contributed by atoms with Gasteiger partial charge < -0.3 is 15.1 Å². The molecule has 0 saturated heterocycles. The maximum Gasteiger partial charge on any atom is 0.226 e. The van der Waals surface area contributed by atoms with Crippen LogP contribution in [0.4, 0.5) is 0 Å². The Morgan fingerprint density at radius 3 is 2.67 bits per heavy atom. The summed E-state index contributed by atoms with van der Waals surface area (Å²) in [6.45, 7) is 6.04. The van der Waals surface area contributed by atoms with Crippen LogP contribution < -0.4 is 10.6 Å². The van der Waals surface area contributed by atoms with Gasteiger partial charge in [0.15, 0.2) is 5.96 Å². The van der Waals surface area contributed by atoms with Crippen molar-refractivity contribution < 1.29 is 4.42 Å². The Morgan fingerprint density at radius 1 is 1.17 bits per heavy atom. The molecule has 1 heterocycles. The maximum absolute atomic E-state index is 5.54. The molecule has 0 unspecified atom stereocenters. The molecule has 0 aliphatic rings. The SMILES string of the molecule is CN=C(NCCCCC(C)C)NCc1coc(-c2ccccc2)n1. The number of rotatable bonds is 8. The molecule has 0 radical (unpaired) electrons. The summed E-state index contributed by atoms with van der Waals surface area (Å²) >= 11 is 0. The van der Waals surface area contributed by atoms with Crippen molar-refractivity contribution in [2.24, 2.45) is 10.9 Å². The lowest BCUT2D eigenvalue weighted by Crippen LogP contribution is -2.37. The molecule has 2 N–H and O–H groups in total. The molecule has 130 valence electrons. The van der Waals surface area contributed by atoms with E-state index < -0.39 is 0 Å². The lowest BCUT2D eigenvalue weighted by atomic mass is 10.1. The Morgan fingerprint density at radius 2 is 1.96 bits per heavy atom. The zero-order valence-corrected chi connectivity index (χ0v) is 14.9. The molecule has 0 aliphatic heterocycles. The van der Waals surface area contributed by atoms with Crippen molar-refractivity contribution in [2.45, 2.75) is 39.7 Å². The van der Waals surface area contributed by atoms with Gasteiger partial charge in [-0.3, -0.25) is 4.99 Å². The molecule has 5 heteroatoms. The van der Waals surface area contributed by atoms with E-state index in [4.69, 9.17) is 4.42 Å². The average Bonchev–Trinajstić information content (AvgIpc) is 3.07. The van der Waals surface area contributed by atoms with E-state index in [0.717, 1.165) is 36.1 Å². The van der Waals surface area contributed by atoms with Crippen molar-refractivity contribution in [3.05, 3.63) is 42.3 Å². The summed E-state index contributed by atoms with van der Waals surface area (Å²) in [4.78, 5) is 8.74. The van der Waals surface area contributed by atoms with Gasteiger partial charge in [-0.05, 0) is 24.5 Å². The summed E-state index contributed by atoms with van der Waals surface area (Å²) in [5.74, 6) is 2.21. The van der Waals surface area contributed by atoms with Crippen molar-refractivity contribution in [3.63, 3.8) is 0 Å². The van der Waals surface area contributed by atoms with Crippen LogP contribution in [0.25, 0.3) is 11.5 Å². The lowest BCUT2D eigenvalue weighted by molar-refractivity contribution is 0.534. The summed E-state index contributed by atoms with van der Waals surface area (Å²) in [7, 11) is 1.78. The van der Waals surface area contributed by atoms with Gasteiger partial charge in [-0.15, -0.1) is 0 Å². The molecule has 0 fully saturated rings. The molecule has 0 saturated carbocycles. The van der Waals surface area contributed by atoms with E-state index in [1.165, 1.54) is 12.8 Å². The van der Waals surface area contributed by atoms with Gasteiger partial charge >= 0.3 is 0 Å². The highest BCUT2D eigenvalue weighted by Gasteiger charge is 2.06. The van der Waals surface area contributed by atoms with E-state index in [9.17, 15) is 0 Å². The molecule has 1 aromatic carbocycles. The number of oxazole rings is 1. The molecule has 2 aromatic rings. The van der Waals surface area contributed by atoms with E-state index >= 15 is 0 Å². The predicted octanol–water partition coefficient (Wildman–Crippen LogP) is 3.83. The van der Waals surface area contributed by atoms with E-state index in [1.54, 1.807) is 13.3 Å². The van der Waals surface area contributed by atoms with Crippen molar-refractivity contribution in [3.8, 4) is 11.5 Å². The summed E-state index contributed by atoms with van der Waals surface area (Å²) in [5.41, 5.74) is 1.84. The van der Waals surface area contributed by atoms with Gasteiger partial charge in [-0.1, -0.05) is 44.9 Å². The maximum atomic E-state index is 5.54. The van der Waals surface area contributed by atoms with Gasteiger partial charge in [0.1, 0.15) is 6.26 Å². The van der Waals surface area contributed by atoms with Crippen LogP contribution in [0.5, 0.6) is 0 Å². The van der Waals surface area contributed by atoms with Gasteiger partial charge in [-0.25, -0.2) is 4.98 Å². The fraction of sp³-hybridized carbons (Fsp3) is 0.474. The fourth-order valence-corrected chi connectivity index (χ4v) is 2.38. The monoisotopic (exact) mass is 328 g/mol. The predicted molar refractivity (Wildman–Crippen MR) is 98.8 cm³/mol. The van der Waals surface area contributed by atoms with Gasteiger partial charge in [0.2, 0.25) is 5.89 Å². The van der Waals surface area contributed by atoms with Crippen LogP contribution in [0.2, 0.25) is 0 Å². The van der Waals surface area contributed by atoms with Crippen molar-refractivity contribution in [1.82, 2.24) is 15.6 Å². The number of hydrogen-bond acceptors (Lipinski definition) is 3. The molecule has 5 nitrogen and oxygen atoms in total. The van der Waals surface area contributed by atoms with Crippen LogP contribution in [0.15, 0.2) is 46.0 Å². The number of guanidine groups is 1. The Hall–Kier alpha value is -2.30. The smallest absolute Gasteiger partial charge is 0.226 e. The summed E-state index contributed by atoms with van der Waals surface area (Å²) in [6, 6.07) is 9.90. The highest BCUT2D eigenvalue weighted by Crippen LogP contribution is 2.17. The average molecular weight is 328 g/mol. The number of benzene rings is 1. The van der Waals surface area contributed by atoms with Crippen LogP contribution in [0.3, 0.4) is 0 Å². The van der Waals surface area contributed by atoms with Crippen molar-refractivity contribution >= 4 is 5.96 Å². The number of unbranched alkanes of at least 4 members (excludes halogenated alkanes) is 1. The largest absolute Gasteiger partial charge is 0.444 e. The third-order valence-corrected chi connectivity index (χ3v) is 3.73. The summed E-state index contributed by atoms with van der Waals surface area (Å²) < 4.78 is 5.54. The van der Waals surface area contributed by atoms with E-state index in [0.29, 0.717) is 12.4 Å².